The number of carbonyl (C=O) groups is 2. The van der Waals surface area contributed by atoms with Crippen LogP contribution in [-0.4, -0.2) is 27.5 Å². The monoisotopic (exact) mass is 476 g/mol. The second-order valence-corrected chi connectivity index (χ2v) is 8.92. The first kappa shape index (κ1) is 25.4. The minimum atomic E-state index is -0.919. The van der Waals surface area contributed by atoms with Crippen LogP contribution in [0.2, 0.25) is 0 Å². The maximum absolute atomic E-state index is 13.9. The zero-order chi connectivity index (χ0) is 24.7. The molecule has 0 radical (unpaired) electrons. The van der Waals surface area contributed by atoms with Crippen LogP contribution in [0.25, 0.3) is 0 Å². The third kappa shape index (κ3) is 5.83. The highest BCUT2D eigenvalue weighted by atomic mass is 32.1. The second kappa shape index (κ2) is 11.8. The number of carbonyl (C=O) groups excluding carboxylic acids is 2. The summed E-state index contributed by atoms with van der Waals surface area (Å²) >= 11 is 4.26. The maximum Gasteiger partial charge on any atom is 0.252 e. The van der Waals surface area contributed by atoms with Crippen LogP contribution in [0, 0.1) is 6.92 Å². The van der Waals surface area contributed by atoms with Gasteiger partial charge in [-0.2, -0.15) is 12.6 Å². The Hall–Kier alpha value is -3.19. The maximum atomic E-state index is 13.9. The molecule has 1 atom stereocenters. The molecule has 0 aliphatic carbocycles. The van der Waals surface area contributed by atoms with Crippen LogP contribution in [0.1, 0.15) is 61.5 Å². The third-order valence-electron chi connectivity index (χ3n) is 5.73. The number of nitrogens with zero attached hydrogens (tertiary/aromatic N) is 3. The molecule has 0 unspecified atom stereocenters. The molecule has 0 fully saturated rings. The van der Waals surface area contributed by atoms with Gasteiger partial charge in [-0.3, -0.25) is 24.5 Å². The lowest BCUT2D eigenvalue weighted by Gasteiger charge is -2.31. The van der Waals surface area contributed by atoms with Gasteiger partial charge in [-0.1, -0.05) is 45.0 Å². The molecule has 3 rings (SSSR count). The van der Waals surface area contributed by atoms with Crippen molar-refractivity contribution in [3.63, 3.8) is 0 Å². The Kier molecular flexibility index (Phi) is 8.82. The van der Waals surface area contributed by atoms with Gasteiger partial charge < -0.3 is 5.32 Å². The quantitative estimate of drug-likeness (QED) is 0.400. The number of para-hydroxylation sites is 1. The molecule has 34 heavy (non-hydrogen) atoms. The molecular weight excluding hydrogens is 444 g/mol. The lowest BCUT2D eigenvalue weighted by molar-refractivity contribution is -0.123. The van der Waals surface area contributed by atoms with E-state index in [0.29, 0.717) is 17.0 Å². The van der Waals surface area contributed by atoms with Crippen molar-refractivity contribution < 1.29 is 9.59 Å². The number of amides is 2. The van der Waals surface area contributed by atoms with E-state index in [0.717, 1.165) is 28.9 Å². The lowest BCUT2D eigenvalue weighted by Crippen LogP contribution is -2.42. The van der Waals surface area contributed by atoms with Crippen LogP contribution >= 0.6 is 12.6 Å². The summed E-state index contributed by atoms with van der Waals surface area (Å²) in [5.41, 5.74) is 4.87. The summed E-state index contributed by atoms with van der Waals surface area (Å²) in [5.74, 6) is 0.101. The molecular formula is C27H32N4O2S. The predicted molar refractivity (Wildman–Crippen MR) is 140 cm³/mol. The summed E-state index contributed by atoms with van der Waals surface area (Å²) in [6.07, 6.45) is 5.89. The van der Waals surface area contributed by atoms with E-state index in [4.69, 9.17) is 0 Å². The van der Waals surface area contributed by atoms with Gasteiger partial charge in [0.1, 0.15) is 6.04 Å². The van der Waals surface area contributed by atoms with Crippen molar-refractivity contribution in [3.05, 3.63) is 83.4 Å². The average molecular weight is 477 g/mol. The van der Waals surface area contributed by atoms with Gasteiger partial charge in [-0.25, -0.2) is 0 Å². The molecule has 178 valence electrons. The molecule has 0 saturated heterocycles. The Labute approximate surface area is 207 Å². The van der Waals surface area contributed by atoms with Crippen LogP contribution in [0.4, 0.5) is 11.4 Å². The predicted octanol–water partition coefficient (Wildman–Crippen LogP) is 5.50. The first-order valence-corrected chi connectivity index (χ1v) is 12.2. The van der Waals surface area contributed by atoms with Gasteiger partial charge in [-0.05, 0) is 54.3 Å². The first-order valence-electron chi connectivity index (χ1n) is 11.6. The number of aryl methyl sites for hydroxylation is 2. The SMILES string of the molecule is CCc1cccc(C)c1NC(=O)[C@@H](c1cccnc1)N(C(=O)CCS)c1ccc(C(C)C)nc1. The zero-order valence-corrected chi connectivity index (χ0v) is 21.0. The number of benzene rings is 1. The summed E-state index contributed by atoms with van der Waals surface area (Å²) in [5, 5.41) is 3.11. The number of hydrogen-bond acceptors (Lipinski definition) is 5. The van der Waals surface area contributed by atoms with Crippen LogP contribution in [0.3, 0.4) is 0 Å². The van der Waals surface area contributed by atoms with Crippen LogP contribution in [-0.2, 0) is 16.0 Å². The molecule has 0 spiro atoms. The largest absolute Gasteiger partial charge is 0.323 e. The smallest absolute Gasteiger partial charge is 0.252 e. The fourth-order valence-electron chi connectivity index (χ4n) is 3.88. The van der Waals surface area contributed by atoms with E-state index in [1.165, 1.54) is 4.90 Å². The molecule has 6 nitrogen and oxygen atoms in total. The number of hydrogen-bond donors (Lipinski definition) is 2. The molecule has 3 aromatic rings. The summed E-state index contributed by atoms with van der Waals surface area (Å²) in [6.45, 7) is 8.14. The van der Waals surface area contributed by atoms with Gasteiger partial charge in [0, 0.05) is 35.8 Å². The van der Waals surface area contributed by atoms with E-state index in [1.54, 1.807) is 24.7 Å². The van der Waals surface area contributed by atoms with Gasteiger partial charge in [-0.15, -0.1) is 0 Å². The molecule has 7 heteroatoms. The second-order valence-electron chi connectivity index (χ2n) is 8.47. The van der Waals surface area contributed by atoms with Gasteiger partial charge in [0.2, 0.25) is 5.91 Å². The Balaban J connectivity index is 2.11. The molecule has 0 saturated carbocycles. The van der Waals surface area contributed by atoms with Crippen LogP contribution in [0.15, 0.2) is 61.1 Å². The van der Waals surface area contributed by atoms with Gasteiger partial charge in [0.15, 0.2) is 0 Å². The number of thiol groups is 1. The van der Waals surface area contributed by atoms with Crippen molar-refractivity contribution >= 4 is 35.8 Å². The van der Waals surface area contributed by atoms with Gasteiger partial charge in [0.25, 0.3) is 5.91 Å². The summed E-state index contributed by atoms with van der Waals surface area (Å²) in [7, 11) is 0. The molecule has 2 heterocycles. The molecule has 1 N–H and O–H groups in total. The van der Waals surface area contributed by atoms with Crippen molar-refractivity contribution in [2.24, 2.45) is 0 Å². The fourth-order valence-corrected chi connectivity index (χ4v) is 4.07. The van der Waals surface area contributed by atoms with E-state index in [9.17, 15) is 9.59 Å². The lowest BCUT2D eigenvalue weighted by atomic mass is 10.0. The van der Waals surface area contributed by atoms with E-state index >= 15 is 0 Å². The Morgan fingerprint density at radius 3 is 2.47 bits per heavy atom. The van der Waals surface area contributed by atoms with Crippen LogP contribution < -0.4 is 10.2 Å². The minimum Gasteiger partial charge on any atom is -0.323 e. The highest BCUT2D eigenvalue weighted by molar-refractivity contribution is 7.80. The molecule has 0 bridgehead atoms. The first-order chi connectivity index (χ1) is 16.4. The number of nitrogens with one attached hydrogen (secondary N) is 1. The van der Waals surface area contributed by atoms with Crippen molar-refractivity contribution in [1.29, 1.82) is 0 Å². The standard InChI is InChI=1S/C27H32N4O2S/c1-5-20-9-6-8-19(4)25(20)30-27(33)26(21-10-7-14-28-16-21)31(24(32)13-15-34)22-11-12-23(18(2)3)29-17-22/h6-12,14,16-18,26,34H,5,13,15H2,1-4H3,(H,30,33)/t26-/m1/s1. The highest BCUT2D eigenvalue weighted by Crippen LogP contribution is 2.31. The van der Waals surface area contributed by atoms with Gasteiger partial charge >= 0.3 is 0 Å². The highest BCUT2D eigenvalue weighted by Gasteiger charge is 2.33. The summed E-state index contributed by atoms with van der Waals surface area (Å²) in [4.78, 5) is 37.5. The fraction of sp³-hybridized carbons (Fsp3) is 0.333. The minimum absolute atomic E-state index is 0.184. The van der Waals surface area contributed by atoms with E-state index in [1.807, 2.05) is 50.2 Å². The summed E-state index contributed by atoms with van der Waals surface area (Å²) < 4.78 is 0. The summed E-state index contributed by atoms with van der Waals surface area (Å²) in [6, 6.07) is 12.3. The number of aromatic nitrogens is 2. The normalized spacial score (nSPS) is 11.8. The topological polar surface area (TPSA) is 75.2 Å². The molecule has 0 aliphatic rings. The third-order valence-corrected chi connectivity index (χ3v) is 5.95. The molecule has 2 aromatic heterocycles. The van der Waals surface area contributed by atoms with E-state index in [-0.39, 0.29) is 24.2 Å². The van der Waals surface area contributed by atoms with Crippen molar-refractivity contribution in [1.82, 2.24) is 9.97 Å². The van der Waals surface area contributed by atoms with Crippen molar-refractivity contribution in [2.75, 3.05) is 16.0 Å². The Bertz CT molecular complexity index is 1120. The number of pyridine rings is 2. The van der Waals surface area contributed by atoms with Crippen LogP contribution in [0.5, 0.6) is 0 Å². The van der Waals surface area contributed by atoms with Gasteiger partial charge in [0.05, 0.1) is 11.9 Å². The number of anilines is 2. The Morgan fingerprint density at radius 1 is 1.09 bits per heavy atom. The number of rotatable bonds is 9. The molecule has 1 aromatic carbocycles. The average Bonchev–Trinajstić information content (AvgIpc) is 2.84. The molecule has 0 aliphatic heterocycles. The van der Waals surface area contributed by atoms with E-state index < -0.39 is 6.04 Å². The van der Waals surface area contributed by atoms with Crippen molar-refractivity contribution in [2.45, 2.75) is 52.5 Å². The molecule has 2 amide bonds. The van der Waals surface area contributed by atoms with E-state index in [2.05, 4.69) is 41.8 Å². The Morgan fingerprint density at radius 2 is 1.88 bits per heavy atom. The zero-order valence-electron chi connectivity index (χ0n) is 20.2. The van der Waals surface area contributed by atoms with Crippen molar-refractivity contribution in [3.8, 4) is 0 Å².